The molecule has 0 heterocycles. The Balaban J connectivity index is 2.43. The molecule has 1 atom stereocenters. The highest BCUT2D eigenvalue weighted by Gasteiger charge is 2.15. The quantitative estimate of drug-likeness (QED) is 0.857. The Morgan fingerprint density at radius 1 is 1.20 bits per heavy atom. The van der Waals surface area contributed by atoms with Crippen LogP contribution in [-0.2, 0) is 0 Å². The summed E-state index contributed by atoms with van der Waals surface area (Å²) in [6.07, 6.45) is 0. The molecule has 106 valence electrons. The maximum atomic E-state index is 6.20. The van der Waals surface area contributed by atoms with E-state index in [2.05, 4.69) is 40.3 Å². The molecule has 0 fully saturated rings. The lowest BCUT2D eigenvalue weighted by Gasteiger charge is -2.20. The van der Waals surface area contributed by atoms with Crippen LogP contribution in [0.25, 0.3) is 0 Å². The third-order valence-corrected chi connectivity index (χ3v) is 4.59. The highest BCUT2D eigenvalue weighted by atomic mass is 79.9. The molecule has 0 aliphatic carbocycles. The molecule has 4 heteroatoms. The number of rotatable bonds is 4. The minimum atomic E-state index is 0.103. The van der Waals surface area contributed by atoms with E-state index < -0.39 is 0 Å². The molecule has 0 radical (unpaired) electrons. The molecule has 0 bridgehead atoms. The van der Waals surface area contributed by atoms with Crippen molar-refractivity contribution in [3.63, 3.8) is 0 Å². The maximum Gasteiger partial charge on any atom is 0.119 e. The van der Waals surface area contributed by atoms with E-state index >= 15 is 0 Å². The van der Waals surface area contributed by atoms with Gasteiger partial charge < -0.3 is 10.1 Å². The van der Waals surface area contributed by atoms with Gasteiger partial charge in [-0.3, -0.25) is 0 Å². The fourth-order valence-corrected chi connectivity index (χ4v) is 2.73. The molecule has 0 amide bonds. The number of aryl methyl sites for hydroxylation is 1. The van der Waals surface area contributed by atoms with Crippen molar-refractivity contribution >= 4 is 27.5 Å². The molecule has 0 spiro atoms. The maximum absolute atomic E-state index is 6.20. The average molecular weight is 355 g/mol. The van der Waals surface area contributed by atoms with Gasteiger partial charge in [-0.1, -0.05) is 23.7 Å². The van der Waals surface area contributed by atoms with Crippen LogP contribution in [0, 0.1) is 6.92 Å². The first-order chi connectivity index (χ1) is 9.56. The van der Waals surface area contributed by atoms with Gasteiger partial charge in [0.05, 0.1) is 18.2 Å². The summed E-state index contributed by atoms with van der Waals surface area (Å²) in [5.74, 6) is 0.870. The van der Waals surface area contributed by atoms with E-state index in [1.54, 1.807) is 7.11 Å². The van der Waals surface area contributed by atoms with Gasteiger partial charge in [-0.05, 0) is 70.9 Å². The number of hydrogen-bond donors (Lipinski definition) is 1. The Morgan fingerprint density at radius 2 is 1.95 bits per heavy atom. The van der Waals surface area contributed by atoms with Gasteiger partial charge in [0.15, 0.2) is 0 Å². The van der Waals surface area contributed by atoms with E-state index in [-0.39, 0.29) is 6.04 Å². The van der Waals surface area contributed by atoms with E-state index in [0.717, 1.165) is 15.8 Å². The van der Waals surface area contributed by atoms with Crippen molar-refractivity contribution in [3.05, 3.63) is 62.6 Å². The van der Waals surface area contributed by atoms with Crippen LogP contribution in [0.15, 0.2) is 40.9 Å². The molecule has 0 aromatic heterocycles. The van der Waals surface area contributed by atoms with E-state index in [0.29, 0.717) is 5.02 Å². The van der Waals surface area contributed by atoms with E-state index in [1.165, 1.54) is 11.1 Å². The first-order valence-electron chi connectivity index (χ1n) is 6.33. The zero-order chi connectivity index (χ0) is 14.7. The minimum absolute atomic E-state index is 0.103. The minimum Gasteiger partial charge on any atom is -0.497 e. The number of ether oxygens (including phenoxy) is 1. The molecule has 2 rings (SSSR count). The summed E-state index contributed by atoms with van der Waals surface area (Å²) in [5, 5.41) is 4.06. The summed E-state index contributed by atoms with van der Waals surface area (Å²) in [7, 11) is 3.63. The van der Waals surface area contributed by atoms with Crippen molar-refractivity contribution in [2.75, 3.05) is 14.2 Å². The Bertz CT molecular complexity index is 615. The first-order valence-corrected chi connectivity index (χ1v) is 7.50. The van der Waals surface area contributed by atoms with Gasteiger partial charge in [0, 0.05) is 4.47 Å². The average Bonchev–Trinajstić information content (AvgIpc) is 2.45. The number of hydrogen-bond acceptors (Lipinski definition) is 2. The van der Waals surface area contributed by atoms with Crippen LogP contribution in [0.2, 0.25) is 5.02 Å². The fraction of sp³-hybridized carbons (Fsp3) is 0.250. The van der Waals surface area contributed by atoms with Crippen LogP contribution < -0.4 is 10.1 Å². The predicted molar refractivity (Wildman–Crippen MR) is 87.8 cm³/mol. The normalized spacial score (nSPS) is 12.2. The smallest absolute Gasteiger partial charge is 0.119 e. The lowest BCUT2D eigenvalue weighted by molar-refractivity contribution is 0.414. The molecule has 20 heavy (non-hydrogen) atoms. The number of methoxy groups -OCH3 is 1. The summed E-state index contributed by atoms with van der Waals surface area (Å²) in [6.45, 7) is 2.09. The highest BCUT2D eigenvalue weighted by molar-refractivity contribution is 9.10. The van der Waals surface area contributed by atoms with Crippen LogP contribution in [0.4, 0.5) is 0 Å². The highest BCUT2D eigenvalue weighted by Crippen LogP contribution is 2.31. The molecule has 1 unspecified atom stereocenters. The molecule has 2 nitrogen and oxygen atoms in total. The predicted octanol–water partition coefficient (Wildman–Crippen LogP) is 4.73. The van der Waals surface area contributed by atoms with E-state index in [4.69, 9.17) is 16.3 Å². The number of nitrogens with one attached hydrogen (secondary N) is 1. The second-order valence-corrected chi connectivity index (χ2v) is 5.88. The molecule has 2 aromatic rings. The van der Waals surface area contributed by atoms with Crippen molar-refractivity contribution in [3.8, 4) is 5.75 Å². The molecule has 1 N–H and O–H groups in total. The van der Waals surface area contributed by atoms with Gasteiger partial charge >= 0.3 is 0 Å². The Hall–Kier alpha value is -1.03. The monoisotopic (exact) mass is 353 g/mol. The molecule has 0 aliphatic heterocycles. The second-order valence-electron chi connectivity index (χ2n) is 4.62. The number of benzene rings is 2. The van der Waals surface area contributed by atoms with Gasteiger partial charge in [-0.15, -0.1) is 0 Å². The summed E-state index contributed by atoms with van der Waals surface area (Å²) in [5.41, 5.74) is 3.53. The zero-order valence-electron chi connectivity index (χ0n) is 11.7. The summed E-state index contributed by atoms with van der Waals surface area (Å²) in [6, 6.07) is 12.2. The Labute approximate surface area is 133 Å². The van der Waals surface area contributed by atoms with Crippen molar-refractivity contribution in [2.45, 2.75) is 13.0 Å². The van der Waals surface area contributed by atoms with Crippen LogP contribution >= 0.6 is 27.5 Å². The molecule has 0 aliphatic rings. The Kier molecular flexibility index (Phi) is 5.08. The van der Waals surface area contributed by atoms with Crippen LogP contribution in [0.3, 0.4) is 0 Å². The lowest BCUT2D eigenvalue weighted by Crippen LogP contribution is -2.18. The zero-order valence-corrected chi connectivity index (χ0v) is 14.0. The second kappa shape index (κ2) is 6.61. The molecule has 0 saturated carbocycles. The summed E-state index contributed by atoms with van der Waals surface area (Å²) >= 11 is 9.62. The van der Waals surface area contributed by atoms with Gasteiger partial charge in [0.1, 0.15) is 5.75 Å². The van der Waals surface area contributed by atoms with Gasteiger partial charge in [-0.25, -0.2) is 0 Å². The van der Waals surface area contributed by atoms with Gasteiger partial charge in [0.2, 0.25) is 0 Å². The molecule has 2 aromatic carbocycles. The SMILES string of the molecule is CNC(c1ccc(Br)c(Cl)c1)c1ccc(OC)cc1C. The van der Waals surface area contributed by atoms with E-state index in [9.17, 15) is 0 Å². The third-order valence-electron chi connectivity index (χ3n) is 3.35. The van der Waals surface area contributed by atoms with Crippen LogP contribution in [0.5, 0.6) is 5.75 Å². The summed E-state index contributed by atoms with van der Waals surface area (Å²) < 4.78 is 6.16. The Morgan fingerprint density at radius 3 is 2.50 bits per heavy atom. The van der Waals surface area contributed by atoms with Crippen molar-refractivity contribution in [1.82, 2.24) is 5.32 Å². The summed E-state index contributed by atoms with van der Waals surface area (Å²) in [4.78, 5) is 0. The lowest BCUT2D eigenvalue weighted by atomic mass is 9.95. The van der Waals surface area contributed by atoms with Crippen LogP contribution in [0.1, 0.15) is 22.7 Å². The van der Waals surface area contributed by atoms with Crippen molar-refractivity contribution < 1.29 is 4.74 Å². The van der Waals surface area contributed by atoms with E-state index in [1.807, 2.05) is 31.3 Å². The fourth-order valence-electron chi connectivity index (χ4n) is 2.29. The topological polar surface area (TPSA) is 21.3 Å². The number of halogens is 2. The third kappa shape index (κ3) is 3.17. The first kappa shape index (κ1) is 15.4. The molecule has 0 saturated heterocycles. The standard InChI is InChI=1S/C16H17BrClNO/c1-10-8-12(20-3)5-6-13(10)16(19-2)11-4-7-14(17)15(18)9-11/h4-9,16,19H,1-3H3. The van der Waals surface area contributed by atoms with Crippen molar-refractivity contribution in [2.24, 2.45) is 0 Å². The van der Waals surface area contributed by atoms with Gasteiger partial charge in [-0.2, -0.15) is 0 Å². The molecular formula is C16H17BrClNO. The largest absolute Gasteiger partial charge is 0.497 e. The van der Waals surface area contributed by atoms with Gasteiger partial charge in [0.25, 0.3) is 0 Å². The molecular weight excluding hydrogens is 338 g/mol. The van der Waals surface area contributed by atoms with Crippen molar-refractivity contribution in [1.29, 1.82) is 0 Å². The van der Waals surface area contributed by atoms with Crippen LogP contribution in [-0.4, -0.2) is 14.2 Å².